The van der Waals surface area contributed by atoms with Gasteiger partial charge in [0.05, 0.1) is 30.1 Å². The summed E-state index contributed by atoms with van der Waals surface area (Å²) < 4.78 is 13.2. The van der Waals surface area contributed by atoms with Gasteiger partial charge in [0, 0.05) is 0 Å². The lowest BCUT2D eigenvalue weighted by molar-refractivity contribution is -0.117. The van der Waals surface area contributed by atoms with Gasteiger partial charge in [0.2, 0.25) is 5.91 Å². The zero-order valence-corrected chi connectivity index (χ0v) is 14.1. The molecule has 0 N–H and O–H groups in total. The smallest absolute Gasteiger partial charge is 0.233 e. The molecule has 3 nitrogen and oxygen atoms in total. The number of carbonyl (C=O) groups is 1. The number of para-hydroxylation sites is 2. The highest BCUT2D eigenvalue weighted by Crippen LogP contribution is 2.33. The van der Waals surface area contributed by atoms with E-state index in [1.165, 1.54) is 12.1 Å². The Labute approximate surface area is 151 Å². The lowest BCUT2D eigenvalue weighted by Gasteiger charge is -2.22. The molecule has 0 bridgehead atoms. The number of benzene rings is 3. The van der Waals surface area contributed by atoms with E-state index in [0.29, 0.717) is 12.3 Å². The molecule has 0 fully saturated rings. The summed E-state index contributed by atoms with van der Waals surface area (Å²) in [7, 11) is 0. The van der Waals surface area contributed by atoms with Crippen LogP contribution in [0, 0.1) is 5.82 Å². The predicted octanol–water partition coefficient (Wildman–Crippen LogP) is 4.88. The monoisotopic (exact) mass is 344 g/mol. The van der Waals surface area contributed by atoms with Crippen molar-refractivity contribution in [3.63, 3.8) is 0 Å². The number of nitrogens with zero attached hydrogens (tertiary/aromatic N) is 2. The molecule has 0 aromatic heterocycles. The Morgan fingerprint density at radius 3 is 2.35 bits per heavy atom. The molecule has 1 amide bonds. The molecule has 4 heteroatoms. The second-order valence-corrected chi connectivity index (χ2v) is 6.20. The van der Waals surface area contributed by atoms with Gasteiger partial charge in [0.25, 0.3) is 0 Å². The van der Waals surface area contributed by atoms with Crippen LogP contribution in [-0.4, -0.2) is 11.6 Å². The van der Waals surface area contributed by atoms with Crippen LogP contribution in [0.4, 0.5) is 15.8 Å². The van der Waals surface area contributed by atoms with E-state index in [0.717, 1.165) is 22.5 Å². The predicted molar refractivity (Wildman–Crippen MR) is 101 cm³/mol. The molecular formula is C22H17FN2O. The van der Waals surface area contributed by atoms with Crippen molar-refractivity contribution >= 4 is 23.0 Å². The van der Waals surface area contributed by atoms with Gasteiger partial charge < -0.3 is 4.90 Å². The van der Waals surface area contributed by atoms with E-state index >= 15 is 0 Å². The van der Waals surface area contributed by atoms with Crippen molar-refractivity contribution in [3.05, 3.63) is 95.8 Å². The Hall–Kier alpha value is -3.27. The van der Waals surface area contributed by atoms with Gasteiger partial charge in [-0.25, -0.2) is 4.39 Å². The van der Waals surface area contributed by atoms with Crippen LogP contribution < -0.4 is 4.90 Å². The molecule has 3 aromatic rings. The Balaban J connectivity index is 1.74. The molecule has 0 aliphatic carbocycles. The van der Waals surface area contributed by atoms with Crippen LogP contribution in [0.25, 0.3) is 0 Å². The maximum Gasteiger partial charge on any atom is 0.233 e. The summed E-state index contributed by atoms with van der Waals surface area (Å²) in [4.78, 5) is 19.5. The third-order valence-electron chi connectivity index (χ3n) is 4.41. The van der Waals surface area contributed by atoms with E-state index < -0.39 is 0 Å². The Bertz CT molecular complexity index is 965. The van der Waals surface area contributed by atoms with Crippen LogP contribution in [0.15, 0.2) is 83.9 Å². The van der Waals surface area contributed by atoms with E-state index in [2.05, 4.69) is 0 Å². The molecule has 1 aliphatic rings. The summed E-state index contributed by atoms with van der Waals surface area (Å²) in [5.74, 6) is -0.331. The van der Waals surface area contributed by atoms with Crippen LogP contribution in [0.5, 0.6) is 0 Å². The van der Waals surface area contributed by atoms with Gasteiger partial charge in [-0.1, -0.05) is 54.6 Å². The van der Waals surface area contributed by atoms with Crippen molar-refractivity contribution in [1.82, 2.24) is 0 Å². The number of anilines is 1. The minimum Gasteiger partial charge on any atom is -0.306 e. The summed E-state index contributed by atoms with van der Waals surface area (Å²) in [6, 6.07) is 23.6. The molecule has 0 spiro atoms. The van der Waals surface area contributed by atoms with E-state index in [1.54, 1.807) is 17.0 Å². The first-order valence-corrected chi connectivity index (χ1v) is 8.47. The van der Waals surface area contributed by atoms with E-state index in [9.17, 15) is 9.18 Å². The molecule has 0 saturated heterocycles. The number of carbonyl (C=O) groups excluding carboxylic acids is 1. The highest BCUT2D eigenvalue weighted by molar-refractivity contribution is 6.17. The average Bonchev–Trinajstić information content (AvgIpc) is 2.80. The van der Waals surface area contributed by atoms with Gasteiger partial charge in [0.15, 0.2) is 0 Å². The average molecular weight is 344 g/mol. The quantitative estimate of drug-likeness (QED) is 0.666. The van der Waals surface area contributed by atoms with Gasteiger partial charge in [-0.05, 0) is 35.4 Å². The first-order chi connectivity index (χ1) is 12.7. The number of amides is 1. The van der Waals surface area contributed by atoms with Gasteiger partial charge in [-0.2, -0.15) is 0 Å². The van der Waals surface area contributed by atoms with Crippen molar-refractivity contribution in [2.45, 2.75) is 13.0 Å². The lowest BCUT2D eigenvalue weighted by Crippen LogP contribution is -2.31. The number of halogens is 1. The second-order valence-electron chi connectivity index (χ2n) is 6.20. The Morgan fingerprint density at radius 1 is 0.885 bits per heavy atom. The summed E-state index contributed by atoms with van der Waals surface area (Å²) >= 11 is 0. The summed E-state index contributed by atoms with van der Waals surface area (Å²) in [5, 5.41) is 0. The summed E-state index contributed by atoms with van der Waals surface area (Å²) in [6.07, 6.45) is 0.174. The first kappa shape index (κ1) is 16.2. The Kier molecular flexibility index (Phi) is 4.32. The van der Waals surface area contributed by atoms with E-state index in [4.69, 9.17) is 4.99 Å². The van der Waals surface area contributed by atoms with Gasteiger partial charge in [-0.15, -0.1) is 0 Å². The van der Waals surface area contributed by atoms with Crippen LogP contribution in [-0.2, 0) is 11.3 Å². The fraction of sp³-hybridized carbons (Fsp3) is 0.0909. The van der Waals surface area contributed by atoms with Gasteiger partial charge in [0.1, 0.15) is 5.82 Å². The zero-order valence-electron chi connectivity index (χ0n) is 14.1. The molecule has 0 unspecified atom stereocenters. The first-order valence-electron chi connectivity index (χ1n) is 8.47. The van der Waals surface area contributed by atoms with E-state index in [1.807, 2.05) is 54.6 Å². The second kappa shape index (κ2) is 6.92. The molecule has 128 valence electrons. The summed E-state index contributed by atoms with van der Waals surface area (Å²) in [6.45, 7) is 0.489. The molecule has 0 saturated carbocycles. The molecule has 26 heavy (non-hydrogen) atoms. The van der Waals surface area contributed by atoms with Crippen LogP contribution in [0.1, 0.15) is 17.5 Å². The van der Waals surface area contributed by atoms with Crippen LogP contribution in [0.2, 0.25) is 0 Å². The number of fused-ring (bicyclic) bond motifs is 1. The molecule has 0 radical (unpaired) electrons. The van der Waals surface area contributed by atoms with Gasteiger partial charge >= 0.3 is 0 Å². The molecular weight excluding hydrogens is 327 g/mol. The van der Waals surface area contributed by atoms with E-state index in [-0.39, 0.29) is 18.1 Å². The topological polar surface area (TPSA) is 32.7 Å². The minimum atomic E-state index is -0.305. The third-order valence-corrected chi connectivity index (χ3v) is 4.41. The van der Waals surface area contributed by atoms with Gasteiger partial charge in [-0.3, -0.25) is 9.79 Å². The standard InChI is InChI=1S/C22H17FN2O/c23-18-12-10-17(11-13-18)20-14-22(26)25(15-16-6-2-1-3-7-16)21-9-5-4-8-19(21)24-20/h1-13H,14-15H2. The number of aliphatic imine (C=N–C) groups is 1. The number of rotatable bonds is 3. The highest BCUT2D eigenvalue weighted by Gasteiger charge is 2.24. The molecule has 4 rings (SSSR count). The van der Waals surface area contributed by atoms with Crippen molar-refractivity contribution in [2.24, 2.45) is 4.99 Å². The fourth-order valence-corrected chi connectivity index (χ4v) is 3.09. The van der Waals surface area contributed by atoms with Crippen molar-refractivity contribution < 1.29 is 9.18 Å². The molecule has 3 aromatic carbocycles. The molecule has 1 aliphatic heterocycles. The van der Waals surface area contributed by atoms with Crippen molar-refractivity contribution in [1.29, 1.82) is 0 Å². The minimum absolute atomic E-state index is 0.0260. The maximum atomic E-state index is 13.2. The SMILES string of the molecule is O=C1CC(c2ccc(F)cc2)=Nc2ccccc2N1Cc1ccccc1. The van der Waals surface area contributed by atoms with Crippen molar-refractivity contribution in [2.75, 3.05) is 4.90 Å². The lowest BCUT2D eigenvalue weighted by atomic mass is 10.1. The van der Waals surface area contributed by atoms with Crippen LogP contribution >= 0.6 is 0 Å². The highest BCUT2D eigenvalue weighted by atomic mass is 19.1. The number of hydrogen-bond donors (Lipinski definition) is 0. The normalized spacial score (nSPS) is 13.8. The zero-order chi connectivity index (χ0) is 17.9. The molecule has 1 heterocycles. The fourth-order valence-electron chi connectivity index (χ4n) is 3.09. The number of hydrogen-bond acceptors (Lipinski definition) is 2. The Morgan fingerprint density at radius 2 is 1.58 bits per heavy atom. The summed E-state index contributed by atoms with van der Waals surface area (Å²) in [5.41, 5.74) is 4.00. The van der Waals surface area contributed by atoms with Crippen LogP contribution in [0.3, 0.4) is 0 Å². The van der Waals surface area contributed by atoms with Crippen molar-refractivity contribution in [3.8, 4) is 0 Å². The largest absolute Gasteiger partial charge is 0.306 e. The third kappa shape index (κ3) is 3.26. The maximum absolute atomic E-state index is 13.2. The molecule has 0 atom stereocenters.